The quantitative estimate of drug-likeness (QED) is 0.790. The molecule has 1 unspecified atom stereocenters. The summed E-state index contributed by atoms with van der Waals surface area (Å²) < 4.78 is 1.66. The lowest BCUT2D eigenvalue weighted by Crippen LogP contribution is -2.32. The van der Waals surface area contributed by atoms with E-state index in [1.54, 1.807) is 11.7 Å². The van der Waals surface area contributed by atoms with E-state index in [-0.39, 0.29) is 12.5 Å². The number of amides is 1. The van der Waals surface area contributed by atoms with Gasteiger partial charge in [-0.05, 0) is 25.8 Å². The van der Waals surface area contributed by atoms with Gasteiger partial charge >= 0.3 is 0 Å². The number of carbonyl (C=O) groups is 1. The van der Waals surface area contributed by atoms with Crippen molar-refractivity contribution in [1.82, 2.24) is 14.7 Å². The Bertz CT molecular complexity index is 430. The highest BCUT2D eigenvalue weighted by Gasteiger charge is 2.23. The molecule has 2 N–H and O–H groups in total. The zero-order chi connectivity index (χ0) is 13.1. The Kier molecular flexibility index (Phi) is 3.98. The fraction of sp³-hybridized carbons (Fsp3) is 0.667. The molecule has 1 saturated heterocycles. The Labute approximate surface area is 107 Å². The number of aromatic nitrogens is 2. The first kappa shape index (κ1) is 13.0. The molecule has 1 atom stereocenters. The first-order valence-corrected chi connectivity index (χ1v) is 6.22. The van der Waals surface area contributed by atoms with Crippen LogP contribution in [0.3, 0.4) is 0 Å². The van der Waals surface area contributed by atoms with Crippen molar-refractivity contribution in [3.63, 3.8) is 0 Å². The highest BCUT2D eigenvalue weighted by molar-refractivity contribution is 5.91. The molecule has 1 aromatic heterocycles. The fourth-order valence-corrected chi connectivity index (χ4v) is 2.32. The van der Waals surface area contributed by atoms with E-state index >= 15 is 0 Å². The molecule has 0 saturated carbocycles. The van der Waals surface area contributed by atoms with Gasteiger partial charge < -0.3 is 10.4 Å². The predicted molar refractivity (Wildman–Crippen MR) is 68.2 cm³/mol. The van der Waals surface area contributed by atoms with Crippen LogP contribution < -0.4 is 5.32 Å². The summed E-state index contributed by atoms with van der Waals surface area (Å²) in [5, 5.41) is 16.1. The minimum atomic E-state index is -0.0309. The summed E-state index contributed by atoms with van der Waals surface area (Å²) in [6, 6.07) is 1.85. The first-order chi connectivity index (χ1) is 8.58. The highest BCUT2D eigenvalue weighted by Crippen LogP contribution is 2.15. The molecule has 1 aliphatic rings. The number of nitrogens with zero attached hydrogens (tertiary/aromatic N) is 3. The van der Waals surface area contributed by atoms with Crippen LogP contribution in [-0.2, 0) is 11.8 Å². The summed E-state index contributed by atoms with van der Waals surface area (Å²) in [7, 11) is 1.81. The second-order valence-electron chi connectivity index (χ2n) is 4.92. The molecule has 2 rings (SSSR count). The van der Waals surface area contributed by atoms with Crippen LogP contribution in [0.2, 0.25) is 0 Å². The van der Waals surface area contributed by atoms with Crippen molar-refractivity contribution >= 4 is 11.7 Å². The van der Waals surface area contributed by atoms with E-state index in [0.717, 1.165) is 31.0 Å². The molecular weight excluding hydrogens is 232 g/mol. The van der Waals surface area contributed by atoms with Gasteiger partial charge in [-0.3, -0.25) is 14.4 Å². The molecule has 0 aliphatic carbocycles. The molecule has 1 aliphatic heterocycles. The average molecular weight is 252 g/mol. The van der Waals surface area contributed by atoms with Crippen molar-refractivity contribution in [1.29, 1.82) is 0 Å². The van der Waals surface area contributed by atoms with Crippen LogP contribution in [0.4, 0.5) is 5.82 Å². The third-order valence-corrected chi connectivity index (χ3v) is 3.26. The number of carbonyl (C=O) groups excluding carboxylic acids is 1. The van der Waals surface area contributed by atoms with E-state index in [0.29, 0.717) is 12.5 Å². The van der Waals surface area contributed by atoms with Crippen LogP contribution in [0.15, 0.2) is 6.07 Å². The largest absolute Gasteiger partial charge is 0.396 e. The van der Waals surface area contributed by atoms with Gasteiger partial charge in [0.15, 0.2) is 0 Å². The number of likely N-dealkylation sites (tertiary alicyclic amines) is 1. The molecule has 0 aromatic carbocycles. The number of hydrogen-bond acceptors (Lipinski definition) is 4. The van der Waals surface area contributed by atoms with E-state index in [4.69, 9.17) is 5.11 Å². The lowest BCUT2D eigenvalue weighted by molar-refractivity contribution is -0.117. The minimum absolute atomic E-state index is 0.0309. The third kappa shape index (κ3) is 3.08. The van der Waals surface area contributed by atoms with Crippen molar-refractivity contribution in [2.24, 2.45) is 13.0 Å². The van der Waals surface area contributed by atoms with Crippen molar-refractivity contribution in [3.05, 3.63) is 11.8 Å². The highest BCUT2D eigenvalue weighted by atomic mass is 16.3. The number of aliphatic hydroxyl groups excluding tert-OH is 1. The normalized spacial score (nSPS) is 20.3. The maximum absolute atomic E-state index is 11.9. The minimum Gasteiger partial charge on any atom is -0.396 e. The van der Waals surface area contributed by atoms with Gasteiger partial charge in [0.05, 0.1) is 12.2 Å². The monoisotopic (exact) mass is 252 g/mol. The molecule has 1 amide bonds. The molecule has 2 heterocycles. The summed E-state index contributed by atoms with van der Waals surface area (Å²) in [4.78, 5) is 13.9. The smallest absolute Gasteiger partial charge is 0.239 e. The number of aliphatic hydroxyl groups is 1. The summed E-state index contributed by atoms with van der Waals surface area (Å²) in [5.41, 5.74) is 0.884. The van der Waals surface area contributed by atoms with Gasteiger partial charge in [-0.2, -0.15) is 5.10 Å². The zero-order valence-electron chi connectivity index (χ0n) is 10.9. The lowest BCUT2D eigenvalue weighted by Gasteiger charge is -2.15. The molecule has 1 aromatic rings. The van der Waals surface area contributed by atoms with Crippen molar-refractivity contribution < 1.29 is 9.90 Å². The van der Waals surface area contributed by atoms with Gasteiger partial charge in [0, 0.05) is 26.3 Å². The summed E-state index contributed by atoms with van der Waals surface area (Å²) in [6.07, 6.45) is 0.967. The molecule has 18 heavy (non-hydrogen) atoms. The van der Waals surface area contributed by atoms with Gasteiger partial charge in [0.1, 0.15) is 5.82 Å². The fourth-order valence-electron chi connectivity index (χ4n) is 2.32. The predicted octanol–water partition coefficient (Wildman–Crippen LogP) is -0.0188. The Balaban J connectivity index is 1.84. The van der Waals surface area contributed by atoms with Crippen molar-refractivity contribution in [2.45, 2.75) is 13.3 Å². The van der Waals surface area contributed by atoms with Gasteiger partial charge in [0.2, 0.25) is 5.91 Å². The molecular formula is C12H20N4O2. The maximum Gasteiger partial charge on any atom is 0.239 e. The van der Waals surface area contributed by atoms with Crippen LogP contribution in [0.25, 0.3) is 0 Å². The number of nitrogens with one attached hydrogen (secondary N) is 1. The summed E-state index contributed by atoms with van der Waals surface area (Å²) in [6.45, 7) is 4.15. The van der Waals surface area contributed by atoms with E-state index in [9.17, 15) is 4.79 Å². The van der Waals surface area contributed by atoms with Crippen LogP contribution in [-0.4, -0.2) is 51.9 Å². The molecule has 6 nitrogen and oxygen atoms in total. The molecule has 0 radical (unpaired) electrons. The Morgan fingerprint density at radius 3 is 3.00 bits per heavy atom. The third-order valence-electron chi connectivity index (χ3n) is 3.26. The SMILES string of the molecule is Cc1cc(NC(=O)CN2CCC(CO)C2)n(C)n1. The van der Waals surface area contributed by atoms with E-state index in [1.165, 1.54) is 0 Å². The average Bonchev–Trinajstić information content (AvgIpc) is 2.86. The standard InChI is InChI=1S/C12H20N4O2/c1-9-5-11(15(2)14-9)13-12(18)7-16-4-3-10(6-16)8-17/h5,10,17H,3-4,6-8H2,1-2H3,(H,13,18). The van der Waals surface area contributed by atoms with Gasteiger partial charge in [-0.25, -0.2) is 0 Å². The Morgan fingerprint density at radius 2 is 2.44 bits per heavy atom. The summed E-state index contributed by atoms with van der Waals surface area (Å²) >= 11 is 0. The van der Waals surface area contributed by atoms with Crippen molar-refractivity contribution in [3.8, 4) is 0 Å². The molecule has 100 valence electrons. The molecule has 1 fully saturated rings. The van der Waals surface area contributed by atoms with Crippen LogP contribution >= 0.6 is 0 Å². The second kappa shape index (κ2) is 5.49. The number of hydrogen-bond donors (Lipinski definition) is 2. The molecule has 0 bridgehead atoms. The van der Waals surface area contributed by atoms with Gasteiger partial charge in [-0.1, -0.05) is 0 Å². The number of aryl methyl sites for hydroxylation is 2. The Hall–Kier alpha value is -1.40. The van der Waals surface area contributed by atoms with E-state index in [1.807, 2.05) is 13.0 Å². The maximum atomic E-state index is 11.9. The number of rotatable bonds is 4. The van der Waals surface area contributed by atoms with Gasteiger partial charge in [0.25, 0.3) is 0 Å². The van der Waals surface area contributed by atoms with Crippen molar-refractivity contribution in [2.75, 3.05) is 31.6 Å². The lowest BCUT2D eigenvalue weighted by atomic mass is 10.1. The number of anilines is 1. The van der Waals surface area contributed by atoms with E-state index in [2.05, 4.69) is 15.3 Å². The Morgan fingerprint density at radius 1 is 1.67 bits per heavy atom. The van der Waals surface area contributed by atoms with Crippen LogP contribution in [0, 0.1) is 12.8 Å². The summed E-state index contributed by atoms with van der Waals surface area (Å²) in [5.74, 6) is 1.00. The van der Waals surface area contributed by atoms with E-state index < -0.39 is 0 Å². The van der Waals surface area contributed by atoms with Gasteiger partial charge in [-0.15, -0.1) is 0 Å². The topological polar surface area (TPSA) is 70.4 Å². The van der Waals surface area contributed by atoms with Crippen LogP contribution in [0.1, 0.15) is 12.1 Å². The van der Waals surface area contributed by atoms with Crippen LogP contribution in [0.5, 0.6) is 0 Å². The molecule has 0 spiro atoms. The molecule has 6 heteroatoms. The zero-order valence-corrected chi connectivity index (χ0v) is 10.9. The first-order valence-electron chi connectivity index (χ1n) is 6.22. The second-order valence-corrected chi connectivity index (χ2v) is 4.92.